The molecule has 33 heavy (non-hydrogen) atoms. The number of carbonyl (C=O) groups is 1. The summed E-state index contributed by atoms with van der Waals surface area (Å²) in [5, 5.41) is 12.3. The lowest BCUT2D eigenvalue weighted by molar-refractivity contribution is -0.385. The van der Waals surface area contributed by atoms with E-state index in [0.29, 0.717) is 22.9 Å². The Bertz CT molecular complexity index is 1490. The minimum absolute atomic E-state index is 0.0394. The summed E-state index contributed by atoms with van der Waals surface area (Å²) >= 11 is 0. The van der Waals surface area contributed by atoms with Crippen molar-refractivity contribution in [1.82, 2.24) is 3.97 Å². The number of benzene rings is 3. The van der Waals surface area contributed by atoms with Crippen LogP contribution in [0.2, 0.25) is 0 Å². The number of aromatic nitrogens is 1. The molecule has 0 spiro atoms. The first kappa shape index (κ1) is 22.0. The Kier molecular flexibility index (Phi) is 5.60. The van der Waals surface area contributed by atoms with Crippen molar-refractivity contribution < 1.29 is 27.6 Å². The summed E-state index contributed by atoms with van der Waals surface area (Å²) in [6.45, 7) is 0. The molecule has 0 N–H and O–H groups in total. The Morgan fingerprint density at radius 1 is 0.970 bits per heavy atom. The Morgan fingerprint density at radius 2 is 1.70 bits per heavy atom. The van der Waals surface area contributed by atoms with Crippen LogP contribution in [0.1, 0.15) is 10.4 Å². The van der Waals surface area contributed by atoms with Crippen molar-refractivity contribution in [2.24, 2.45) is 0 Å². The predicted molar refractivity (Wildman–Crippen MR) is 122 cm³/mol. The highest BCUT2D eigenvalue weighted by atomic mass is 32.2. The number of nitro groups is 1. The van der Waals surface area contributed by atoms with Crippen LogP contribution in [0.4, 0.5) is 5.69 Å². The Hall–Kier alpha value is -4.18. The van der Waals surface area contributed by atoms with Crippen molar-refractivity contribution in [2.45, 2.75) is 4.90 Å². The number of hydrogen-bond acceptors (Lipinski definition) is 7. The lowest BCUT2D eigenvalue weighted by Crippen LogP contribution is -2.14. The fourth-order valence-corrected chi connectivity index (χ4v) is 5.27. The number of fused-ring (bicyclic) bond motifs is 1. The van der Waals surface area contributed by atoms with Crippen LogP contribution in [0.5, 0.6) is 11.5 Å². The molecule has 0 radical (unpaired) electrons. The van der Waals surface area contributed by atoms with Gasteiger partial charge in [-0.15, -0.1) is 0 Å². The topological polar surface area (TPSA) is 118 Å². The number of rotatable bonds is 7. The maximum atomic E-state index is 13.7. The molecule has 1 aromatic heterocycles. The molecule has 10 heteroatoms. The summed E-state index contributed by atoms with van der Waals surface area (Å²) in [4.78, 5) is 22.4. The predicted octanol–water partition coefficient (Wildman–Crippen LogP) is 4.28. The van der Waals surface area contributed by atoms with Gasteiger partial charge in [0.15, 0.2) is 6.29 Å². The van der Waals surface area contributed by atoms with Gasteiger partial charge >= 0.3 is 5.69 Å². The average Bonchev–Trinajstić information content (AvgIpc) is 3.22. The summed E-state index contributed by atoms with van der Waals surface area (Å²) in [5.41, 5.74) is -0.102. The van der Waals surface area contributed by atoms with E-state index >= 15 is 0 Å². The molecule has 4 aromatic rings. The Balaban J connectivity index is 2.14. The molecule has 9 nitrogen and oxygen atoms in total. The van der Waals surface area contributed by atoms with Gasteiger partial charge in [-0.05, 0) is 48.5 Å². The summed E-state index contributed by atoms with van der Waals surface area (Å²) < 4.78 is 39.1. The number of ether oxygens (including phenoxy) is 2. The van der Waals surface area contributed by atoms with Crippen molar-refractivity contribution >= 4 is 32.9 Å². The minimum Gasteiger partial charge on any atom is -0.497 e. The molecule has 3 aromatic carbocycles. The molecule has 0 atom stereocenters. The van der Waals surface area contributed by atoms with Gasteiger partial charge in [-0.2, -0.15) is 0 Å². The monoisotopic (exact) mass is 466 g/mol. The Morgan fingerprint density at radius 3 is 2.30 bits per heavy atom. The maximum absolute atomic E-state index is 13.7. The largest absolute Gasteiger partial charge is 0.497 e. The lowest BCUT2D eigenvalue weighted by atomic mass is 10.1. The third-order valence-electron chi connectivity index (χ3n) is 5.20. The third-order valence-corrected chi connectivity index (χ3v) is 6.94. The van der Waals surface area contributed by atoms with Crippen LogP contribution in [0.25, 0.3) is 22.2 Å². The van der Waals surface area contributed by atoms with Crippen molar-refractivity contribution in [1.29, 1.82) is 0 Å². The first-order valence-corrected chi connectivity index (χ1v) is 11.1. The van der Waals surface area contributed by atoms with Crippen LogP contribution in [-0.2, 0) is 10.0 Å². The van der Waals surface area contributed by atoms with Gasteiger partial charge in [-0.25, -0.2) is 12.4 Å². The van der Waals surface area contributed by atoms with Crippen molar-refractivity contribution in [3.63, 3.8) is 0 Å². The first-order valence-electron chi connectivity index (χ1n) is 9.64. The van der Waals surface area contributed by atoms with Crippen LogP contribution >= 0.6 is 0 Å². The summed E-state index contributed by atoms with van der Waals surface area (Å²) in [6, 6.07) is 17.0. The summed E-state index contributed by atoms with van der Waals surface area (Å²) in [5.74, 6) is 0.293. The molecule has 0 bridgehead atoms. The average molecular weight is 466 g/mol. The van der Waals surface area contributed by atoms with Gasteiger partial charge in [-0.1, -0.05) is 18.2 Å². The lowest BCUT2D eigenvalue weighted by Gasteiger charge is -2.15. The van der Waals surface area contributed by atoms with E-state index in [4.69, 9.17) is 9.47 Å². The van der Waals surface area contributed by atoms with E-state index in [1.807, 2.05) is 0 Å². The van der Waals surface area contributed by atoms with Gasteiger partial charge < -0.3 is 9.47 Å². The van der Waals surface area contributed by atoms with Crippen LogP contribution in [0, 0.1) is 10.1 Å². The van der Waals surface area contributed by atoms with Gasteiger partial charge in [0.05, 0.1) is 40.8 Å². The van der Waals surface area contributed by atoms with Crippen molar-refractivity contribution in [3.05, 3.63) is 82.4 Å². The van der Waals surface area contributed by atoms with Crippen LogP contribution in [0.15, 0.2) is 71.6 Å². The highest BCUT2D eigenvalue weighted by molar-refractivity contribution is 7.90. The van der Waals surface area contributed by atoms with E-state index in [-0.39, 0.29) is 27.5 Å². The molecule has 0 aliphatic carbocycles. The zero-order valence-electron chi connectivity index (χ0n) is 17.6. The highest BCUT2D eigenvalue weighted by Gasteiger charge is 2.30. The van der Waals surface area contributed by atoms with E-state index < -0.39 is 20.6 Å². The fourth-order valence-electron chi connectivity index (χ4n) is 3.72. The van der Waals surface area contributed by atoms with Crippen LogP contribution in [-0.4, -0.2) is 37.8 Å². The molecular weight excluding hydrogens is 448 g/mol. The van der Waals surface area contributed by atoms with Crippen molar-refractivity contribution in [3.8, 4) is 22.8 Å². The molecule has 0 aliphatic heterocycles. The number of nitro benzene ring substituents is 1. The van der Waals surface area contributed by atoms with Crippen LogP contribution < -0.4 is 9.47 Å². The summed E-state index contributed by atoms with van der Waals surface area (Å²) in [6.07, 6.45) is 0.353. The highest BCUT2D eigenvalue weighted by Crippen LogP contribution is 2.43. The second kappa shape index (κ2) is 8.40. The number of aldehydes is 1. The molecule has 0 unspecified atom stereocenters. The first-order chi connectivity index (χ1) is 15.8. The van der Waals surface area contributed by atoms with Gasteiger partial charge in [0, 0.05) is 10.9 Å². The number of hydrogen-bond donors (Lipinski definition) is 0. The second-order valence-corrected chi connectivity index (χ2v) is 8.78. The normalized spacial score (nSPS) is 11.3. The number of carbonyl (C=O) groups excluding carboxylic acids is 1. The Labute approximate surface area is 189 Å². The van der Waals surface area contributed by atoms with E-state index in [1.54, 1.807) is 42.5 Å². The second-order valence-electron chi connectivity index (χ2n) is 7.00. The summed E-state index contributed by atoms with van der Waals surface area (Å²) in [7, 11) is -1.40. The van der Waals surface area contributed by atoms with Crippen molar-refractivity contribution in [2.75, 3.05) is 14.2 Å². The SMILES string of the molecule is COc1ccc2c(c1)cc(-c1ccc(C=O)c([N+](=O)[O-])c1OC)n2S(=O)(=O)c1ccccc1. The molecule has 0 amide bonds. The fraction of sp³-hybridized carbons (Fsp3) is 0.0870. The third kappa shape index (κ3) is 3.60. The zero-order chi connectivity index (χ0) is 23.8. The molecular formula is C23H18N2O7S. The van der Waals surface area contributed by atoms with E-state index in [9.17, 15) is 23.3 Å². The van der Waals surface area contributed by atoms with E-state index in [0.717, 1.165) is 3.97 Å². The molecule has 1 heterocycles. The molecule has 0 aliphatic rings. The van der Waals surface area contributed by atoms with Gasteiger partial charge in [0.25, 0.3) is 10.0 Å². The molecule has 4 rings (SSSR count). The molecule has 168 valence electrons. The quantitative estimate of drug-likeness (QED) is 0.227. The van der Waals surface area contributed by atoms with Gasteiger partial charge in [0.2, 0.25) is 5.75 Å². The van der Waals surface area contributed by atoms with Gasteiger partial charge in [0.1, 0.15) is 5.75 Å². The van der Waals surface area contributed by atoms with E-state index in [1.165, 1.54) is 38.5 Å². The molecule has 0 saturated heterocycles. The zero-order valence-corrected chi connectivity index (χ0v) is 18.4. The van der Waals surface area contributed by atoms with E-state index in [2.05, 4.69) is 0 Å². The number of methoxy groups -OCH3 is 2. The minimum atomic E-state index is -4.11. The molecule has 0 fully saturated rings. The standard InChI is InChI=1S/C23H18N2O7S/c1-31-17-9-11-20-16(12-17)13-21(24(20)33(29,30)18-6-4-3-5-7-18)19-10-8-15(14-26)22(25(27)28)23(19)32-2/h3-14H,1-2H3. The number of nitrogens with zero attached hydrogens (tertiary/aromatic N) is 2. The van der Waals surface area contributed by atoms with Crippen LogP contribution in [0.3, 0.4) is 0 Å². The maximum Gasteiger partial charge on any atom is 0.322 e. The molecule has 0 saturated carbocycles. The van der Waals surface area contributed by atoms with Gasteiger partial charge in [-0.3, -0.25) is 14.9 Å². The smallest absolute Gasteiger partial charge is 0.322 e.